The summed E-state index contributed by atoms with van der Waals surface area (Å²) in [4.78, 5) is 2.19. The monoisotopic (exact) mass is 280 g/mol. The molecular formula is C14H27F3N2. The highest BCUT2D eigenvalue weighted by atomic mass is 19.4. The third-order valence-corrected chi connectivity index (χ3v) is 4.39. The van der Waals surface area contributed by atoms with E-state index in [-0.39, 0.29) is 12.0 Å². The van der Waals surface area contributed by atoms with E-state index in [0.717, 1.165) is 25.8 Å². The van der Waals surface area contributed by atoms with Crippen molar-refractivity contribution >= 4 is 0 Å². The summed E-state index contributed by atoms with van der Waals surface area (Å²) < 4.78 is 36.7. The summed E-state index contributed by atoms with van der Waals surface area (Å²) in [5.74, 6) is 0.619. The summed E-state index contributed by atoms with van der Waals surface area (Å²) in [6.07, 6.45) is -0.185. The van der Waals surface area contributed by atoms with Crippen molar-refractivity contribution in [2.75, 3.05) is 19.6 Å². The Hall–Kier alpha value is -0.290. The van der Waals surface area contributed by atoms with E-state index in [2.05, 4.69) is 11.8 Å². The maximum absolute atomic E-state index is 12.2. The molecule has 0 aromatic carbocycles. The van der Waals surface area contributed by atoms with Crippen LogP contribution < -0.4 is 5.73 Å². The molecule has 0 saturated heterocycles. The second-order valence-corrected chi connectivity index (χ2v) is 5.93. The van der Waals surface area contributed by atoms with Crippen molar-refractivity contribution in [2.45, 2.75) is 64.1 Å². The maximum Gasteiger partial charge on any atom is 0.389 e. The minimum absolute atomic E-state index is 0.0714. The lowest BCUT2D eigenvalue weighted by Gasteiger charge is -2.47. The van der Waals surface area contributed by atoms with Crippen LogP contribution in [0.15, 0.2) is 0 Å². The van der Waals surface area contributed by atoms with Gasteiger partial charge < -0.3 is 5.73 Å². The Morgan fingerprint density at radius 2 is 2.05 bits per heavy atom. The summed E-state index contributed by atoms with van der Waals surface area (Å²) in [7, 11) is 0. The van der Waals surface area contributed by atoms with Crippen LogP contribution >= 0.6 is 0 Å². The van der Waals surface area contributed by atoms with Crippen molar-refractivity contribution in [3.63, 3.8) is 0 Å². The number of rotatable bonds is 6. The first-order chi connectivity index (χ1) is 8.83. The molecule has 0 heterocycles. The summed E-state index contributed by atoms with van der Waals surface area (Å²) in [6, 6.07) is 0. The highest BCUT2D eigenvalue weighted by molar-refractivity contribution is 4.95. The fourth-order valence-electron chi connectivity index (χ4n) is 3.44. The normalized spacial score (nSPS) is 28.9. The van der Waals surface area contributed by atoms with Gasteiger partial charge in [0.2, 0.25) is 0 Å². The lowest BCUT2D eigenvalue weighted by molar-refractivity contribution is -0.137. The first-order valence-electron chi connectivity index (χ1n) is 7.35. The smallest absolute Gasteiger partial charge is 0.329 e. The molecule has 2 unspecified atom stereocenters. The first kappa shape index (κ1) is 16.8. The average Bonchev–Trinajstić information content (AvgIpc) is 2.33. The van der Waals surface area contributed by atoms with Crippen LogP contribution in [0.2, 0.25) is 0 Å². The Bertz CT molecular complexity index is 268. The van der Waals surface area contributed by atoms with E-state index < -0.39 is 12.6 Å². The Morgan fingerprint density at radius 1 is 1.37 bits per heavy atom. The second kappa shape index (κ2) is 6.93. The van der Waals surface area contributed by atoms with Crippen LogP contribution in [0.3, 0.4) is 0 Å². The van der Waals surface area contributed by atoms with Crippen molar-refractivity contribution in [3.05, 3.63) is 0 Å². The minimum atomic E-state index is -4.05. The molecule has 2 atom stereocenters. The number of halogens is 3. The molecule has 1 rings (SSSR count). The quantitative estimate of drug-likeness (QED) is 0.806. The predicted molar refractivity (Wildman–Crippen MR) is 72.0 cm³/mol. The van der Waals surface area contributed by atoms with Gasteiger partial charge in [-0.1, -0.05) is 26.7 Å². The Balaban J connectivity index is 2.59. The SMILES string of the molecule is CCN(CCCC(F)(F)F)C1(CN)CCCC(C)C1. The van der Waals surface area contributed by atoms with Crippen LogP contribution in [0.5, 0.6) is 0 Å². The van der Waals surface area contributed by atoms with Gasteiger partial charge in [0, 0.05) is 18.5 Å². The molecule has 0 aliphatic heterocycles. The molecule has 1 aliphatic rings. The molecule has 1 saturated carbocycles. The summed E-state index contributed by atoms with van der Waals surface area (Å²) in [5, 5.41) is 0. The molecule has 114 valence electrons. The van der Waals surface area contributed by atoms with Gasteiger partial charge in [-0.15, -0.1) is 0 Å². The van der Waals surface area contributed by atoms with Crippen LogP contribution in [-0.4, -0.2) is 36.2 Å². The standard InChI is InChI=1S/C14H27F3N2/c1-3-19(9-5-8-14(15,16)17)13(11-18)7-4-6-12(2)10-13/h12H,3-11,18H2,1-2H3. The van der Waals surface area contributed by atoms with Crippen LogP contribution in [0.1, 0.15) is 52.4 Å². The molecule has 2 nitrogen and oxygen atoms in total. The molecule has 5 heteroatoms. The van der Waals surface area contributed by atoms with Crippen LogP contribution in [0, 0.1) is 5.92 Å². The van der Waals surface area contributed by atoms with Gasteiger partial charge in [-0.3, -0.25) is 4.90 Å². The molecular weight excluding hydrogens is 253 g/mol. The number of hydrogen-bond donors (Lipinski definition) is 1. The topological polar surface area (TPSA) is 29.3 Å². The van der Waals surface area contributed by atoms with Gasteiger partial charge in [-0.05, 0) is 38.3 Å². The molecule has 19 heavy (non-hydrogen) atoms. The first-order valence-corrected chi connectivity index (χ1v) is 7.35. The Morgan fingerprint density at radius 3 is 2.53 bits per heavy atom. The van der Waals surface area contributed by atoms with E-state index >= 15 is 0 Å². The van der Waals surface area contributed by atoms with E-state index in [1.807, 2.05) is 6.92 Å². The third-order valence-electron chi connectivity index (χ3n) is 4.39. The molecule has 0 aromatic heterocycles. The summed E-state index contributed by atoms with van der Waals surface area (Å²) in [6.45, 7) is 6.07. The molecule has 0 spiro atoms. The van der Waals surface area contributed by atoms with Gasteiger partial charge in [-0.2, -0.15) is 13.2 Å². The summed E-state index contributed by atoms with van der Waals surface area (Å²) >= 11 is 0. The number of nitrogens with zero attached hydrogens (tertiary/aromatic N) is 1. The molecule has 0 radical (unpaired) electrons. The lowest BCUT2D eigenvalue weighted by Crippen LogP contribution is -2.56. The summed E-state index contributed by atoms with van der Waals surface area (Å²) in [5.41, 5.74) is 5.90. The number of likely N-dealkylation sites (N-methyl/N-ethyl adjacent to an activating group) is 1. The number of nitrogens with two attached hydrogens (primary N) is 1. The van der Waals surface area contributed by atoms with Crippen molar-refractivity contribution < 1.29 is 13.2 Å². The lowest BCUT2D eigenvalue weighted by atomic mass is 9.75. The zero-order chi connectivity index (χ0) is 14.5. The van der Waals surface area contributed by atoms with Gasteiger partial charge in [-0.25, -0.2) is 0 Å². The van der Waals surface area contributed by atoms with Crippen molar-refractivity contribution in [1.29, 1.82) is 0 Å². The van der Waals surface area contributed by atoms with Crippen molar-refractivity contribution in [3.8, 4) is 0 Å². The van der Waals surface area contributed by atoms with Crippen LogP contribution in [0.25, 0.3) is 0 Å². The molecule has 0 amide bonds. The van der Waals surface area contributed by atoms with Crippen LogP contribution in [-0.2, 0) is 0 Å². The molecule has 2 N–H and O–H groups in total. The van der Waals surface area contributed by atoms with Gasteiger partial charge in [0.15, 0.2) is 0 Å². The van der Waals surface area contributed by atoms with E-state index in [0.29, 0.717) is 19.0 Å². The van der Waals surface area contributed by atoms with E-state index in [1.54, 1.807) is 0 Å². The molecule has 1 fully saturated rings. The Labute approximate surface area is 114 Å². The fraction of sp³-hybridized carbons (Fsp3) is 1.00. The Kier molecular flexibility index (Phi) is 6.12. The van der Waals surface area contributed by atoms with Gasteiger partial charge in [0.05, 0.1) is 0 Å². The van der Waals surface area contributed by atoms with Gasteiger partial charge >= 0.3 is 6.18 Å². The molecule has 0 bridgehead atoms. The number of alkyl halides is 3. The predicted octanol–water partition coefficient (Wildman–Crippen LogP) is 3.56. The largest absolute Gasteiger partial charge is 0.389 e. The number of hydrogen-bond acceptors (Lipinski definition) is 2. The minimum Gasteiger partial charge on any atom is -0.329 e. The zero-order valence-corrected chi connectivity index (χ0v) is 12.1. The van der Waals surface area contributed by atoms with Crippen molar-refractivity contribution in [2.24, 2.45) is 11.7 Å². The van der Waals surface area contributed by atoms with E-state index in [4.69, 9.17) is 5.73 Å². The third kappa shape index (κ3) is 4.95. The van der Waals surface area contributed by atoms with Gasteiger partial charge in [0.1, 0.15) is 0 Å². The highest BCUT2D eigenvalue weighted by Gasteiger charge is 2.38. The van der Waals surface area contributed by atoms with Crippen LogP contribution in [0.4, 0.5) is 13.2 Å². The molecule has 0 aromatic rings. The van der Waals surface area contributed by atoms with Gasteiger partial charge in [0.25, 0.3) is 0 Å². The highest BCUT2D eigenvalue weighted by Crippen LogP contribution is 2.36. The van der Waals surface area contributed by atoms with Crippen molar-refractivity contribution in [1.82, 2.24) is 4.90 Å². The van der Waals surface area contributed by atoms with E-state index in [1.165, 1.54) is 6.42 Å². The average molecular weight is 280 g/mol. The molecule has 1 aliphatic carbocycles. The second-order valence-electron chi connectivity index (χ2n) is 5.93. The van der Waals surface area contributed by atoms with E-state index in [9.17, 15) is 13.2 Å². The zero-order valence-electron chi connectivity index (χ0n) is 12.1. The fourth-order valence-corrected chi connectivity index (χ4v) is 3.44. The maximum atomic E-state index is 12.2.